The van der Waals surface area contributed by atoms with E-state index in [-0.39, 0.29) is 432 Å². The normalized spacial score (nSPS) is 16.4. The van der Waals surface area contributed by atoms with Crippen LogP contribution in [0.1, 0.15) is 99.8 Å². The summed E-state index contributed by atoms with van der Waals surface area (Å²) in [5.41, 5.74) is 2.05. The first-order valence-corrected chi connectivity index (χ1v) is 25.2. The maximum Gasteiger partial charge on any atom is 3.00 e. The van der Waals surface area contributed by atoms with Crippen LogP contribution in [0.15, 0.2) is 36.4 Å². The molecule has 4 bridgehead atoms. The van der Waals surface area contributed by atoms with Crippen LogP contribution in [-0.4, -0.2) is 232 Å². The molecule has 86 heavy (non-hydrogen) atoms. The predicted molar refractivity (Wildman–Crippen MR) is 271 cm³/mol. The number of carboxylic acid groups (broad SMARTS) is 6. The number of pyridine rings is 2. The van der Waals surface area contributed by atoms with Crippen molar-refractivity contribution < 1.29 is 364 Å². The number of rotatable bonds is 30. The van der Waals surface area contributed by atoms with E-state index in [9.17, 15) is 88.2 Å². The minimum atomic E-state index is -1.18. The van der Waals surface area contributed by atoms with Crippen molar-refractivity contribution in [2.75, 3.05) is 52.4 Å². The molecule has 26 nitrogen and oxygen atoms in total. The molecule has 0 amide bonds. The van der Waals surface area contributed by atoms with Crippen LogP contribution in [0.3, 0.4) is 0 Å². The van der Waals surface area contributed by atoms with Crippen LogP contribution >= 0.6 is 0 Å². The number of aliphatic carboxylic acids is 6. The van der Waals surface area contributed by atoms with Gasteiger partial charge in [0.05, 0.1) is 22.8 Å². The van der Waals surface area contributed by atoms with Crippen LogP contribution in [0.2, 0.25) is 0 Å². The van der Waals surface area contributed by atoms with Crippen LogP contribution in [0, 0.1) is 79.9 Å². The Balaban J connectivity index is -0.000000340. The van der Waals surface area contributed by atoms with Crippen LogP contribution in [0.5, 0.6) is 0 Å². The summed E-state index contributed by atoms with van der Waals surface area (Å²) in [5.74, 6) is -6.95. The number of hydrogen-bond acceptors (Lipinski definition) is 20. The quantitative estimate of drug-likeness (QED) is 0.0563. The third-order valence-electron chi connectivity index (χ3n) is 13.4. The molecule has 2 aromatic rings. The maximum absolute atomic E-state index is 12.2. The molecule has 2 aliphatic rings. The molecule has 0 aliphatic carbocycles. The van der Waals surface area contributed by atoms with Gasteiger partial charge in [-0.2, -0.15) is 38.5 Å². The molecule has 2 aromatic heterocycles. The molecule has 0 spiro atoms. The number of aromatic nitrogens is 2. The van der Waals surface area contributed by atoms with Gasteiger partial charge in [0.15, 0.2) is 0 Å². The molecule has 4 heterocycles. The summed E-state index contributed by atoms with van der Waals surface area (Å²) in [7, 11) is 0. The molecule has 0 unspecified atom stereocenters. The molecule has 456 valence electrons. The van der Waals surface area contributed by atoms with Gasteiger partial charge in [0.2, 0.25) is 0 Å². The third kappa shape index (κ3) is 36.9. The van der Waals surface area contributed by atoms with E-state index in [0.29, 0.717) is 22.8 Å². The van der Waals surface area contributed by atoms with Crippen LogP contribution < -0.4 is 0 Å². The summed E-state index contributed by atoms with van der Waals surface area (Å²) in [6, 6.07) is 3.83. The van der Waals surface area contributed by atoms with E-state index < -0.39 is 72.1 Å². The molecular weight excluding hydrogens is 1870 g/mol. The number of nitrogens with zero attached hydrogens (tertiary/aromatic N) is 8. The zero-order valence-corrected chi connectivity index (χ0v) is 68.8. The first kappa shape index (κ1) is 99.2. The summed E-state index contributed by atoms with van der Waals surface area (Å²) in [5, 5.41) is 59.4. The Kier molecular flexibility index (Phi) is 66.3. The maximum atomic E-state index is 12.2. The van der Waals surface area contributed by atoms with Crippen molar-refractivity contribution in [3.05, 3.63) is 59.2 Å². The van der Waals surface area contributed by atoms with Gasteiger partial charge in [-0.1, -0.05) is 50.7 Å². The van der Waals surface area contributed by atoms with Crippen molar-refractivity contribution >= 4 is 73.5 Å². The van der Waals surface area contributed by atoms with Gasteiger partial charge in [0.25, 0.3) is 0 Å². The Bertz CT molecular complexity index is 2090. The molecule has 0 aromatic carbocycles. The number of carbonyl (C=O) groups excluding carboxylic acids is 6. The summed E-state index contributed by atoms with van der Waals surface area (Å²) in [6.07, 6.45) is 9.54. The van der Waals surface area contributed by atoms with E-state index in [1.54, 1.807) is 104 Å². The Hall–Kier alpha value is 2.17. The molecule has 6 N–H and O–H groups in total. The second-order valence-electron chi connectivity index (χ2n) is 18.4. The monoisotopic (exact) mass is 1940 g/mol. The second kappa shape index (κ2) is 57.4. The van der Waals surface area contributed by atoms with E-state index in [4.69, 9.17) is 0 Å². The van der Waals surface area contributed by atoms with Crippen molar-refractivity contribution in [3.63, 3.8) is 0 Å². The number of hydrogen-bond donors (Lipinski definition) is 6. The Labute approximate surface area is 715 Å². The van der Waals surface area contributed by atoms with E-state index >= 15 is 0 Å². The zero-order chi connectivity index (χ0) is 57.6. The SMILES string of the molecule is O=[C-]CC[C@@H](C(=O)O)N1CCN([C@@H](CC[C-]=O)C(=O)O)Cc2cccc(n2)CN([C@@H](CC[C-]=O)C(=O)O)CC1.O=[C-]CC[C@H](C(=O)O)N1CCN([C@H](CC[C-]=O)C(=O)O)Cc2cccc(n2)CN([C@H](CC[C-]=O)C(=O)O)CC1.[Gd+3].[Gd+3].[Y].[Y].[Y].[Y].[Y].[Y]. The van der Waals surface area contributed by atoms with Crippen molar-refractivity contribution in [2.45, 2.75) is 139 Å². The number of carbonyl (C=O) groups is 6. The Morgan fingerprint density at radius 1 is 0.326 bits per heavy atom. The summed E-state index contributed by atoms with van der Waals surface area (Å²) >= 11 is 0. The molecule has 6 atom stereocenters. The fourth-order valence-electron chi connectivity index (χ4n) is 9.45. The molecule has 2 aliphatic heterocycles. The van der Waals surface area contributed by atoms with Crippen molar-refractivity contribution in [1.29, 1.82) is 0 Å². The topological polar surface area (TPSA) is 371 Å². The van der Waals surface area contributed by atoms with Gasteiger partial charge < -0.3 is 59.4 Å². The van der Waals surface area contributed by atoms with Gasteiger partial charge in [-0.15, -0.1) is 0 Å². The van der Waals surface area contributed by atoms with Crippen LogP contribution in [-0.2, 0) is 280 Å². The van der Waals surface area contributed by atoms with E-state index in [1.165, 1.54) is 0 Å². The average molecular weight is 1940 g/mol. The fraction of sp³-hybridized carbons (Fsp3) is 0.577. The standard InChI is InChI=1S/2C26H33N4O9.2Gd.6Y/c2*31-14-2-7-21(24(34)35)28-10-12-29(22(25(36)37)8-3-15-32)17-19-5-1-6-20(27-19)18-30(13-11-28)23(26(38)39)9-4-16-33;;;;;;;;/h2*1,5-6,21-23H,2-4,7-13,17-18H2,(H,34,35)(H,36,37)(H,38,39);;;;;;;;/q2*-3;2*+3;;;;;;/t2*21-,22-,23-;;;;;;;;/m10......../s1. The smallest absolute Gasteiger partial charge is 0.542 e. The van der Waals surface area contributed by atoms with Gasteiger partial charge in [-0.3, -0.25) is 106 Å². The number of fused-ring (bicyclic) bond motifs is 4. The van der Waals surface area contributed by atoms with Gasteiger partial charge in [-0.25, -0.2) is 0 Å². The first-order valence-electron chi connectivity index (χ1n) is 25.2. The van der Waals surface area contributed by atoms with Gasteiger partial charge in [0.1, 0.15) is 36.3 Å². The van der Waals surface area contributed by atoms with Crippen molar-refractivity contribution in [1.82, 2.24) is 39.4 Å². The molecule has 8 radical (unpaired) electrons. The van der Waals surface area contributed by atoms with Crippen molar-refractivity contribution in [2.24, 2.45) is 0 Å². The van der Waals surface area contributed by atoms with Crippen LogP contribution in [0.25, 0.3) is 0 Å². The van der Waals surface area contributed by atoms with E-state index in [1.807, 2.05) is 0 Å². The van der Waals surface area contributed by atoms with Gasteiger partial charge in [0, 0.05) is 275 Å². The third-order valence-corrected chi connectivity index (χ3v) is 13.4. The predicted octanol–water partition coefficient (Wildman–Crippen LogP) is 0.0460. The average Bonchev–Trinajstić information content (AvgIpc) is 3.50. The molecule has 34 heteroatoms. The van der Waals surface area contributed by atoms with E-state index in [0.717, 1.165) is 0 Å². The Morgan fingerprint density at radius 2 is 0.477 bits per heavy atom. The molecule has 4 rings (SSSR count). The molecule has 0 fully saturated rings. The molecule has 0 saturated carbocycles. The largest absolute Gasteiger partial charge is 3.00 e. The van der Waals surface area contributed by atoms with E-state index in [2.05, 4.69) is 9.97 Å². The van der Waals surface area contributed by atoms with Crippen molar-refractivity contribution in [3.8, 4) is 0 Å². The second-order valence-corrected chi connectivity index (χ2v) is 18.4. The molecule has 0 saturated heterocycles. The van der Waals surface area contributed by atoms with Crippen LogP contribution in [0.4, 0.5) is 0 Å². The summed E-state index contributed by atoms with van der Waals surface area (Å²) in [4.78, 5) is 157. The first-order chi connectivity index (χ1) is 37.4. The summed E-state index contributed by atoms with van der Waals surface area (Å²) < 4.78 is 0. The minimum absolute atomic E-state index is 0. The summed E-state index contributed by atoms with van der Waals surface area (Å²) in [6.45, 7) is 1.04. The van der Waals surface area contributed by atoms with Gasteiger partial charge in [-0.05, 0) is 24.3 Å². The molecular formula is C52H66Gd2N8O18Y6. The minimum Gasteiger partial charge on any atom is -0.542 e. The number of carboxylic acids is 6. The zero-order valence-electron chi connectivity index (χ0n) is 47.2. The van der Waals surface area contributed by atoms with Gasteiger partial charge >= 0.3 is 116 Å². The fourth-order valence-corrected chi connectivity index (χ4v) is 9.45. The Morgan fingerprint density at radius 3 is 0.628 bits per heavy atom.